The van der Waals surface area contributed by atoms with E-state index in [0.717, 1.165) is 26.7 Å². The van der Waals surface area contributed by atoms with Crippen molar-refractivity contribution in [3.63, 3.8) is 0 Å². The van der Waals surface area contributed by atoms with E-state index < -0.39 is 23.2 Å². The van der Waals surface area contributed by atoms with Crippen molar-refractivity contribution in [2.24, 2.45) is 16.9 Å². The first-order chi connectivity index (χ1) is 19.0. The molecule has 0 radical (unpaired) electrons. The Bertz CT molecular complexity index is 1640. The number of imide groups is 1. The minimum atomic E-state index is -1.05. The summed E-state index contributed by atoms with van der Waals surface area (Å²) < 4.78 is 0.857. The molecule has 8 heteroatoms. The van der Waals surface area contributed by atoms with E-state index in [1.165, 1.54) is 11.1 Å². The van der Waals surface area contributed by atoms with Crippen LogP contribution in [0.25, 0.3) is 0 Å². The van der Waals surface area contributed by atoms with Crippen LogP contribution in [0.5, 0.6) is 0 Å². The van der Waals surface area contributed by atoms with Crippen LogP contribution in [0.1, 0.15) is 38.5 Å². The Labute approximate surface area is 232 Å². The monoisotopic (exact) mass is 576 g/mol. The number of nitrogens with one attached hydrogen (secondary N) is 1. The van der Waals surface area contributed by atoms with Gasteiger partial charge in [0.2, 0.25) is 11.8 Å². The minimum absolute atomic E-state index is 0.224. The molecular weight excluding hydrogens is 556 g/mol. The maximum absolute atomic E-state index is 14.3. The second-order valence-corrected chi connectivity index (χ2v) is 10.9. The fourth-order valence-corrected chi connectivity index (χ4v) is 6.91. The fourth-order valence-electron chi connectivity index (χ4n) is 6.65. The quantitative estimate of drug-likeness (QED) is 0.214. The smallest absolute Gasteiger partial charge is 0.272 e. The normalized spacial score (nSPS) is 24.4. The number of halogens is 1. The topological polar surface area (TPSA) is 91.7 Å². The van der Waals surface area contributed by atoms with Crippen LogP contribution in [0.4, 0.5) is 5.69 Å². The third kappa shape index (κ3) is 3.31. The van der Waals surface area contributed by atoms with E-state index in [2.05, 4.69) is 31.4 Å². The van der Waals surface area contributed by atoms with Crippen LogP contribution in [0, 0.1) is 11.8 Å². The van der Waals surface area contributed by atoms with Crippen LogP contribution in [-0.4, -0.2) is 28.9 Å². The highest BCUT2D eigenvalue weighted by molar-refractivity contribution is 9.10. The maximum Gasteiger partial charge on any atom is 0.272 e. The van der Waals surface area contributed by atoms with Gasteiger partial charge in [-0.05, 0) is 58.7 Å². The molecule has 39 heavy (non-hydrogen) atoms. The first-order valence-corrected chi connectivity index (χ1v) is 13.4. The van der Waals surface area contributed by atoms with Crippen molar-refractivity contribution < 1.29 is 14.4 Å². The molecule has 2 bridgehead atoms. The van der Waals surface area contributed by atoms with Crippen LogP contribution in [0.2, 0.25) is 0 Å². The second-order valence-electron chi connectivity index (χ2n) is 9.95. The highest BCUT2D eigenvalue weighted by Crippen LogP contribution is 2.63. The molecule has 4 aromatic rings. The Hall–Kier alpha value is -4.43. The lowest BCUT2D eigenvalue weighted by Crippen LogP contribution is -2.54. The molecule has 0 saturated carbocycles. The molecule has 1 N–H and O–H groups in total. The van der Waals surface area contributed by atoms with Gasteiger partial charge < -0.3 is 0 Å². The van der Waals surface area contributed by atoms with E-state index in [4.69, 9.17) is 0 Å². The van der Waals surface area contributed by atoms with Crippen molar-refractivity contribution in [3.8, 4) is 0 Å². The molecular formula is C31H21BrN4O3. The Morgan fingerprint density at radius 1 is 0.897 bits per heavy atom. The number of hydrogen-bond donors (Lipinski definition) is 1. The van der Waals surface area contributed by atoms with Gasteiger partial charge in [-0.3, -0.25) is 19.4 Å². The number of benzene rings is 3. The van der Waals surface area contributed by atoms with E-state index in [1.807, 2.05) is 60.7 Å². The van der Waals surface area contributed by atoms with E-state index in [0.29, 0.717) is 11.3 Å². The molecule has 3 amide bonds. The fraction of sp³-hybridized carbons (Fsp3) is 0.129. The molecule has 190 valence electrons. The molecule has 7 nitrogen and oxygen atoms in total. The number of amides is 3. The van der Waals surface area contributed by atoms with Crippen LogP contribution >= 0.6 is 15.9 Å². The van der Waals surface area contributed by atoms with Gasteiger partial charge in [-0.1, -0.05) is 64.5 Å². The number of aromatic nitrogens is 1. The van der Waals surface area contributed by atoms with Crippen molar-refractivity contribution in [1.29, 1.82) is 0 Å². The highest BCUT2D eigenvalue weighted by Gasteiger charge is 2.68. The molecule has 1 aromatic heterocycles. The number of carbonyl (C=O) groups excluding carboxylic acids is 3. The van der Waals surface area contributed by atoms with Crippen molar-refractivity contribution in [3.05, 3.63) is 130 Å². The second kappa shape index (κ2) is 8.81. The van der Waals surface area contributed by atoms with Crippen LogP contribution in [0.15, 0.2) is 107 Å². The summed E-state index contributed by atoms with van der Waals surface area (Å²) in [5, 5.41) is 4.43. The Morgan fingerprint density at radius 2 is 1.56 bits per heavy atom. The molecule has 1 aliphatic heterocycles. The molecule has 0 unspecified atom stereocenters. The maximum atomic E-state index is 14.3. The first-order valence-electron chi connectivity index (χ1n) is 12.6. The predicted molar refractivity (Wildman–Crippen MR) is 149 cm³/mol. The zero-order valence-corrected chi connectivity index (χ0v) is 22.1. The lowest BCUT2D eigenvalue weighted by molar-refractivity contribution is -0.122. The van der Waals surface area contributed by atoms with Gasteiger partial charge in [0.25, 0.3) is 5.91 Å². The summed E-state index contributed by atoms with van der Waals surface area (Å²) in [5.74, 6) is -2.50. The Kier molecular flexibility index (Phi) is 5.35. The average molecular weight is 577 g/mol. The van der Waals surface area contributed by atoms with E-state index in [-0.39, 0.29) is 17.7 Å². The number of hydrazone groups is 1. The van der Waals surface area contributed by atoms with Crippen LogP contribution in [-0.2, 0) is 15.0 Å². The van der Waals surface area contributed by atoms with Gasteiger partial charge in [-0.2, -0.15) is 5.10 Å². The number of hydrogen-bond acceptors (Lipinski definition) is 5. The van der Waals surface area contributed by atoms with Gasteiger partial charge in [0.1, 0.15) is 0 Å². The largest absolute Gasteiger partial charge is 0.274 e. The summed E-state index contributed by atoms with van der Waals surface area (Å²) in [5.41, 5.74) is 6.32. The molecule has 3 aliphatic carbocycles. The third-order valence-corrected chi connectivity index (χ3v) is 8.66. The van der Waals surface area contributed by atoms with Crippen molar-refractivity contribution in [2.75, 3.05) is 4.90 Å². The molecule has 4 aliphatic rings. The summed E-state index contributed by atoms with van der Waals surface area (Å²) >= 11 is 3.43. The van der Waals surface area contributed by atoms with Gasteiger partial charge in [0.15, 0.2) is 0 Å². The number of pyridine rings is 1. The lowest BCUT2D eigenvalue weighted by Gasteiger charge is -2.52. The van der Waals surface area contributed by atoms with Crippen molar-refractivity contribution in [2.45, 2.75) is 11.3 Å². The summed E-state index contributed by atoms with van der Waals surface area (Å²) in [4.78, 5) is 46.5. The first kappa shape index (κ1) is 23.7. The Balaban J connectivity index is 1.41. The van der Waals surface area contributed by atoms with Crippen LogP contribution < -0.4 is 10.3 Å². The van der Waals surface area contributed by atoms with Crippen molar-refractivity contribution in [1.82, 2.24) is 10.4 Å². The van der Waals surface area contributed by atoms with E-state index >= 15 is 0 Å². The zero-order chi connectivity index (χ0) is 26.7. The number of rotatable bonds is 4. The van der Waals surface area contributed by atoms with Gasteiger partial charge >= 0.3 is 0 Å². The standard InChI is InChI=1S/C31H21BrN4O3/c32-19-11-13-20(14-12-19)36-29(38)26-25-21-7-1-3-9-23(21)31(27(26)30(36)39,24-10-4-2-8-22(24)25)17-34-35-28(37)18-6-5-15-33-16-18/h1-17,25-27H,(H,35,37)/b34-17+/t25?,26-,27+,31?/m1/s1. The number of carbonyl (C=O) groups is 3. The average Bonchev–Trinajstić information content (AvgIpc) is 3.25. The molecule has 0 spiro atoms. The van der Waals surface area contributed by atoms with E-state index in [9.17, 15) is 14.4 Å². The highest BCUT2D eigenvalue weighted by atomic mass is 79.9. The molecule has 1 fully saturated rings. The molecule has 1 saturated heterocycles. The molecule has 3 aromatic carbocycles. The number of anilines is 1. The predicted octanol–water partition coefficient (Wildman–Crippen LogP) is 4.81. The third-order valence-electron chi connectivity index (χ3n) is 8.13. The van der Waals surface area contributed by atoms with Gasteiger partial charge in [-0.25, -0.2) is 10.3 Å². The van der Waals surface area contributed by atoms with Gasteiger partial charge in [0.05, 0.1) is 28.5 Å². The van der Waals surface area contributed by atoms with Crippen LogP contribution in [0.3, 0.4) is 0 Å². The molecule has 2 heterocycles. The van der Waals surface area contributed by atoms with Gasteiger partial charge in [-0.15, -0.1) is 0 Å². The summed E-state index contributed by atoms with van der Waals surface area (Å²) in [7, 11) is 0. The summed E-state index contributed by atoms with van der Waals surface area (Å²) in [6, 6.07) is 26.4. The minimum Gasteiger partial charge on any atom is -0.274 e. The summed E-state index contributed by atoms with van der Waals surface area (Å²) in [6.07, 6.45) is 4.71. The zero-order valence-electron chi connectivity index (χ0n) is 20.5. The SMILES string of the molecule is O=C(N/N=C/C12c3ccccc3C(c3ccccc31)[C@H]1C(=O)N(c3ccc(Br)cc3)C(=O)[C@H]12)c1cccnc1. The Morgan fingerprint density at radius 3 is 2.21 bits per heavy atom. The van der Waals surface area contributed by atoms with Gasteiger partial charge in [0, 0.05) is 29.0 Å². The molecule has 8 rings (SSSR count). The summed E-state index contributed by atoms with van der Waals surface area (Å²) in [6.45, 7) is 0. The lowest BCUT2D eigenvalue weighted by atomic mass is 9.47. The van der Waals surface area contributed by atoms with E-state index in [1.54, 1.807) is 36.7 Å². The molecule has 2 atom stereocenters. The van der Waals surface area contributed by atoms with Crippen molar-refractivity contribution >= 4 is 45.6 Å². The number of nitrogens with zero attached hydrogens (tertiary/aromatic N) is 3.